The van der Waals surface area contributed by atoms with Crippen molar-refractivity contribution in [3.8, 4) is 5.75 Å². The number of rotatable bonds is 7. The first-order valence-electron chi connectivity index (χ1n) is 11.0. The molecule has 0 spiro atoms. The lowest BCUT2D eigenvalue weighted by Gasteiger charge is -2.30. The first-order valence-corrected chi connectivity index (χ1v) is 12.1. The van der Waals surface area contributed by atoms with Crippen LogP contribution in [0.5, 0.6) is 5.75 Å². The lowest BCUT2D eigenvalue weighted by atomic mass is 10.1. The lowest BCUT2D eigenvalue weighted by molar-refractivity contribution is -0.122. The number of carbonyl (C=O) groups excluding carboxylic acids is 2. The Bertz CT molecular complexity index is 1260. The molecule has 1 N–H and O–H groups in total. The number of para-hydroxylation sites is 2. The Labute approximate surface area is 219 Å². The van der Waals surface area contributed by atoms with Crippen molar-refractivity contribution in [1.82, 2.24) is 4.90 Å². The third kappa shape index (κ3) is 5.59. The predicted molar refractivity (Wildman–Crippen MR) is 143 cm³/mol. The summed E-state index contributed by atoms with van der Waals surface area (Å²) in [7, 11) is 1.50. The number of imide groups is 1. The van der Waals surface area contributed by atoms with E-state index in [1.807, 2.05) is 30.3 Å². The number of halogens is 2. The molecule has 4 rings (SSSR count). The average molecular weight is 528 g/mol. The summed E-state index contributed by atoms with van der Waals surface area (Å²) < 4.78 is 5.38. The minimum absolute atomic E-state index is 0.00509. The number of thiocarbonyl (C=S) groups is 1. The van der Waals surface area contributed by atoms with Crippen molar-refractivity contribution in [3.63, 3.8) is 0 Å². The smallest absolute Gasteiger partial charge is 0.257 e. The van der Waals surface area contributed by atoms with Gasteiger partial charge in [-0.3, -0.25) is 9.59 Å². The minimum Gasteiger partial charge on any atom is -0.495 e. The fraction of sp³-hybridized carbons (Fsp3) is 0.192. The van der Waals surface area contributed by atoms with Gasteiger partial charge in [-0.1, -0.05) is 65.7 Å². The largest absolute Gasteiger partial charge is 0.495 e. The van der Waals surface area contributed by atoms with Gasteiger partial charge in [-0.15, -0.1) is 0 Å². The molecule has 0 aliphatic carbocycles. The summed E-state index contributed by atoms with van der Waals surface area (Å²) in [4.78, 5) is 29.6. The second-order valence-electron chi connectivity index (χ2n) is 7.95. The number of hydrogen-bond acceptors (Lipinski definition) is 4. The summed E-state index contributed by atoms with van der Waals surface area (Å²) in [6.45, 7) is 0.431. The normalized spacial score (nSPS) is 15.3. The van der Waals surface area contributed by atoms with Crippen LogP contribution >= 0.6 is 35.4 Å². The van der Waals surface area contributed by atoms with E-state index in [1.54, 1.807) is 47.4 Å². The van der Waals surface area contributed by atoms with Crippen LogP contribution < -0.4 is 15.0 Å². The van der Waals surface area contributed by atoms with Crippen molar-refractivity contribution in [3.05, 3.63) is 88.4 Å². The van der Waals surface area contributed by atoms with E-state index in [9.17, 15) is 9.59 Å². The molecular weight excluding hydrogens is 505 g/mol. The molecule has 0 radical (unpaired) electrons. The standard InChI is InChI=1S/C26H23Cl2N3O3S/c1-34-23-10-6-5-9-21(23)31-24(32)16-22(25(31)33)30(14-13-17-7-3-2-4-8-17)26(35)29-18-11-12-19(27)20(28)15-18/h2-12,15,22H,13-14,16H2,1H3,(H,29,35)/t22-/m1/s1. The van der Waals surface area contributed by atoms with Crippen LogP contribution in [0.25, 0.3) is 0 Å². The van der Waals surface area contributed by atoms with Gasteiger partial charge in [-0.05, 0) is 54.5 Å². The molecule has 1 heterocycles. The van der Waals surface area contributed by atoms with Crippen LogP contribution in [0.15, 0.2) is 72.8 Å². The minimum atomic E-state index is -0.765. The summed E-state index contributed by atoms with van der Waals surface area (Å²) in [5.74, 6) is -0.223. The van der Waals surface area contributed by atoms with Crippen LogP contribution in [0.2, 0.25) is 10.0 Å². The molecule has 3 aromatic rings. The molecule has 9 heteroatoms. The number of anilines is 2. The monoisotopic (exact) mass is 527 g/mol. The number of benzene rings is 3. The van der Waals surface area contributed by atoms with Crippen molar-refractivity contribution in [1.29, 1.82) is 0 Å². The highest BCUT2D eigenvalue weighted by molar-refractivity contribution is 7.80. The number of nitrogens with one attached hydrogen (secondary N) is 1. The quantitative estimate of drug-likeness (QED) is 0.320. The van der Waals surface area contributed by atoms with Gasteiger partial charge in [0.1, 0.15) is 11.8 Å². The van der Waals surface area contributed by atoms with Gasteiger partial charge in [0.2, 0.25) is 5.91 Å². The van der Waals surface area contributed by atoms with Crippen LogP contribution in [0.4, 0.5) is 11.4 Å². The van der Waals surface area contributed by atoms with Gasteiger partial charge >= 0.3 is 0 Å². The molecule has 0 aromatic heterocycles. The van der Waals surface area contributed by atoms with Gasteiger partial charge in [0, 0.05) is 12.2 Å². The van der Waals surface area contributed by atoms with Gasteiger partial charge in [0.05, 0.1) is 29.3 Å². The van der Waals surface area contributed by atoms with Gasteiger partial charge < -0.3 is 15.0 Å². The maximum absolute atomic E-state index is 13.6. The number of amides is 2. The molecule has 0 bridgehead atoms. The molecule has 2 amide bonds. The Hall–Kier alpha value is -3.13. The van der Waals surface area contributed by atoms with Crippen LogP contribution in [0, 0.1) is 0 Å². The summed E-state index contributed by atoms with van der Waals surface area (Å²) >= 11 is 17.9. The maximum Gasteiger partial charge on any atom is 0.257 e. The fourth-order valence-electron chi connectivity index (χ4n) is 3.99. The number of hydrogen-bond donors (Lipinski definition) is 1. The zero-order valence-corrected chi connectivity index (χ0v) is 21.2. The van der Waals surface area contributed by atoms with Crippen molar-refractivity contribution >= 4 is 63.7 Å². The van der Waals surface area contributed by atoms with Gasteiger partial charge in [0.15, 0.2) is 5.11 Å². The van der Waals surface area contributed by atoms with Gasteiger partial charge in [-0.25, -0.2) is 4.90 Å². The molecule has 6 nitrogen and oxygen atoms in total. The fourth-order valence-corrected chi connectivity index (χ4v) is 4.62. The van der Waals surface area contributed by atoms with E-state index in [0.717, 1.165) is 5.56 Å². The Morgan fingerprint density at radius 2 is 1.77 bits per heavy atom. The molecule has 1 atom stereocenters. The van der Waals surface area contributed by atoms with Gasteiger partial charge in [-0.2, -0.15) is 0 Å². The van der Waals surface area contributed by atoms with E-state index in [1.165, 1.54) is 12.0 Å². The Morgan fingerprint density at radius 3 is 2.49 bits per heavy atom. The number of nitrogens with zero attached hydrogens (tertiary/aromatic N) is 2. The first kappa shape index (κ1) is 25.0. The molecule has 0 saturated carbocycles. The lowest BCUT2D eigenvalue weighted by Crippen LogP contribution is -2.48. The zero-order valence-electron chi connectivity index (χ0n) is 18.9. The molecule has 3 aromatic carbocycles. The highest BCUT2D eigenvalue weighted by atomic mass is 35.5. The molecule has 0 unspecified atom stereocenters. The van der Waals surface area contributed by atoms with E-state index < -0.39 is 6.04 Å². The predicted octanol–water partition coefficient (Wildman–Crippen LogP) is 5.58. The van der Waals surface area contributed by atoms with E-state index in [-0.39, 0.29) is 18.2 Å². The van der Waals surface area contributed by atoms with E-state index in [0.29, 0.717) is 45.2 Å². The summed E-state index contributed by atoms with van der Waals surface area (Å²) in [6.07, 6.45) is 0.630. The average Bonchev–Trinajstić information content (AvgIpc) is 3.15. The Morgan fingerprint density at radius 1 is 1.06 bits per heavy atom. The second-order valence-corrected chi connectivity index (χ2v) is 9.15. The highest BCUT2D eigenvalue weighted by Gasteiger charge is 2.44. The second kappa shape index (κ2) is 11.1. The first-order chi connectivity index (χ1) is 16.9. The Kier molecular flexibility index (Phi) is 7.90. The zero-order chi connectivity index (χ0) is 24.9. The van der Waals surface area contributed by atoms with Crippen LogP contribution in [-0.2, 0) is 16.0 Å². The summed E-state index contributed by atoms with van der Waals surface area (Å²) in [5.41, 5.74) is 2.14. The molecule has 180 valence electrons. The van der Waals surface area contributed by atoms with Crippen molar-refractivity contribution < 1.29 is 14.3 Å². The SMILES string of the molecule is COc1ccccc1N1C(=O)C[C@@H](N(CCc2ccccc2)C(=S)Nc2ccc(Cl)c(Cl)c2)C1=O. The number of ether oxygens (including phenoxy) is 1. The molecule has 1 fully saturated rings. The maximum atomic E-state index is 13.6. The van der Waals surface area contributed by atoms with Crippen LogP contribution in [-0.4, -0.2) is 41.5 Å². The molecule has 1 saturated heterocycles. The van der Waals surface area contributed by atoms with Crippen LogP contribution in [0.1, 0.15) is 12.0 Å². The third-order valence-electron chi connectivity index (χ3n) is 5.74. The van der Waals surface area contributed by atoms with Crippen LogP contribution in [0.3, 0.4) is 0 Å². The van der Waals surface area contributed by atoms with E-state index >= 15 is 0 Å². The molecular formula is C26H23Cl2N3O3S. The summed E-state index contributed by atoms with van der Waals surface area (Å²) in [6, 6.07) is 21.1. The summed E-state index contributed by atoms with van der Waals surface area (Å²) in [5, 5.41) is 4.26. The van der Waals surface area contributed by atoms with Crippen molar-refractivity contribution in [2.75, 3.05) is 23.9 Å². The Balaban J connectivity index is 1.61. The topological polar surface area (TPSA) is 61.9 Å². The highest BCUT2D eigenvalue weighted by Crippen LogP contribution is 2.33. The number of methoxy groups -OCH3 is 1. The van der Waals surface area contributed by atoms with E-state index in [4.69, 9.17) is 40.2 Å². The number of carbonyl (C=O) groups is 2. The molecule has 1 aliphatic rings. The van der Waals surface area contributed by atoms with Crippen molar-refractivity contribution in [2.45, 2.75) is 18.9 Å². The van der Waals surface area contributed by atoms with Crippen molar-refractivity contribution in [2.24, 2.45) is 0 Å². The molecule has 1 aliphatic heterocycles. The third-order valence-corrected chi connectivity index (χ3v) is 6.82. The molecule has 35 heavy (non-hydrogen) atoms. The van der Waals surface area contributed by atoms with Gasteiger partial charge in [0.25, 0.3) is 5.91 Å². The van der Waals surface area contributed by atoms with E-state index in [2.05, 4.69) is 5.32 Å².